The largest absolute Gasteiger partial charge is 0.473 e. The van der Waals surface area contributed by atoms with Crippen molar-refractivity contribution in [2.24, 2.45) is 11.8 Å². The predicted octanol–water partition coefficient (Wildman–Crippen LogP) is -0.664. The molecule has 1 unspecified atom stereocenters. The Hall–Kier alpha value is -1.71. The van der Waals surface area contributed by atoms with E-state index in [1.807, 2.05) is 5.43 Å². The summed E-state index contributed by atoms with van der Waals surface area (Å²) in [5, 5.41) is 24.2. The smallest absolute Gasteiger partial charge is 0.414 e. The number of rotatable bonds is 8. The van der Waals surface area contributed by atoms with Crippen molar-refractivity contribution in [3.8, 4) is 0 Å². The minimum absolute atomic E-state index is 0.227. The van der Waals surface area contributed by atoms with Crippen LogP contribution in [0.5, 0.6) is 0 Å². The first-order valence-corrected chi connectivity index (χ1v) is 6.42. The number of aliphatic carboxylic acids is 2. The number of hydrogen-bond donors (Lipinski definition) is 5. The molecule has 0 saturated carbocycles. The van der Waals surface area contributed by atoms with Gasteiger partial charge in [-0.25, -0.2) is 15.4 Å². The van der Waals surface area contributed by atoms with Crippen LogP contribution in [0.4, 0.5) is 0 Å². The lowest BCUT2D eigenvalue weighted by Crippen LogP contribution is -2.31. The van der Waals surface area contributed by atoms with Gasteiger partial charge in [0.05, 0.1) is 12.7 Å². The Morgan fingerprint density at radius 1 is 1.14 bits per heavy atom. The summed E-state index contributed by atoms with van der Waals surface area (Å²) in [5.74, 6) is 1.59. The van der Waals surface area contributed by atoms with Crippen LogP contribution in [0, 0.1) is 5.92 Å². The first-order chi connectivity index (χ1) is 9.70. The van der Waals surface area contributed by atoms with Crippen LogP contribution in [0.15, 0.2) is 0 Å². The Morgan fingerprint density at radius 2 is 1.67 bits per heavy atom. The second kappa shape index (κ2) is 13.3. The SMILES string of the molecule is CC(C)CCOCC(O)CCC(=O)NN.O=C(O)C(=O)O. The van der Waals surface area contributed by atoms with E-state index < -0.39 is 18.0 Å². The van der Waals surface area contributed by atoms with E-state index in [0.29, 0.717) is 18.9 Å². The van der Waals surface area contributed by atoms with Crippen LogP contribution in [0.3, 0.4) is 0 Å². The molecular formula is C12H24N2O7. The van der Waals surface area contributed by atoms with Gasteiger partial charge in [0.1, 0.15) is 0 Å². The minimum atomic E-state index is -1.82. The quantitative estimate of drug-likeness (QED) is 0.130. The minimum Gasteiger partial charge on any atom is -0.473 e. The number of nitrogens with two attached hydrogens (primary N) is 1. The van der Waals surface area contributed by atoms with E-state index in [1.54, 1.807) is 0 Å². The number of hydrogen-bond acceptors (Lipinski definition) is 6. The van der Waals surface area contributed by atoms with Gasteiger partial charge in [-0.2, -0.15) is 0 Å². The van der Waals surface area contributed by atoms with Crippen LogP contribution >= 0.6 is 0 Å². The summed E-state index contributed by atoms with van der Waals surface area (Å²) < 4.78 is 5.26. The molecule has 0 aliphatic heterocycles. The van der Waals surface area contributed by atoms with E-state index in [1.165, 1.54) is 0 Å². The van der Waals surface area contributed by atoms with Crippen LogP contribution in [0.1, 0.15) is 33.1 Å². The molecule has 0 heterocycles. The van der Waals surface area contributed by atoms with Gasteiger partial charge in [-0.3, -0.25) is 10.2 Å². The molecule has 0 rings (SSSR count). The molecule has 0 aromatic heterocycles. The van der Waals surface area contributed by atoms with E-state index >= 15 is 0 Å². The molecule has 0 aliphatic carbocycles. The Kier molecular flexibility index (Phi) is 13.7. The summed E-state index contributed by atoms with van der Waals surface area (Å²) in [6.07, 6.45) is 1.00. The fourth-order valence-corrected chi connectivity index (χ4v) is 0.992. The van der Waals surface area contributed by atoms with E-state index in [9.17, 15) is 9.90 Å². The number of amides is 1. The maximum Gasteiger partial charge on any atom is 0.414 e. The summed E-state index contributed by atoms with van der Waals surface area (Å²) in [6, 6.07) is 0. The van der Waals surface area contributed by atoms with Crippen molar-refractivity contribution < 1.29 is 34.4 Å². The maximum atomic E-state index is 10.7. The van der Waals surface area contributed by atoms with Crippen molar-refractivity contribution in [2.45, 2.75) is 39.2 Å². The molecule has 0 aromatic rings. The van der Waals surface area contributed by atoms with Gasteiger partial charge in [0, 0.05) is 13.0 Å². The van der Waals surface area contributed by atoms with Gasteiger partial charge in [-0.15, -0.1) is 0 Å². The predicted molar refractivity (Wildman–Crippen MR) is 73.1 cm³/mol. The molecule has 0 saturated heterocycles. The third kappa shape index (κ3) is 18.3. The number of ether oxygens (including phenoxy) is 1. The summed E-state index contributed by atoms with van der Waals surface area (Å²) in [5.41, 5.74) is 2.01. The number of hydrazine groups is 1. The average molecular weight is 308 g/mol. The number of carbonyl (C=O) groups is 3. The lowest BCUT2D eigenvalue weighted by atomic mass is 10.1. The molecule has 9 nitrogen and oxygen atoms in total. The molecule has 6 N–H and O–H groups in total. The van der Waals surface area contributed by atoms with Crippen molar-refractivity contribution in [3.05, 3.63) is 0 Å². The molecule has 0 aromatic carbocycles. The first-order valence-electron chi connectivity index (χ1n) is 6.42. The molecule has 0 spiro atoms. The number of carbonyl (C=O) groups excluding carboxylic acids is 1. The van der Waals surface area contributed by atoms with Crippen LogP contribution in [0.25, 0.3) is 0 Å². The third-order valence-electron chi connectivity index (χ3n) is 2.20. The summed E-state index contributed by atoms with van der Waals surface area (Å²) in [4.78, 5) is 28.9. The number of carboxylic acid groups (broad SMARTS) is 2. The number of carboxylic acids is 2. The fourth-order valence-electron chi connectivity index (χ4n) is 0.992. The molecule has 124 valence electrons. The zero-order valence-corrected chi connectivity index (χ0v) is 12.2. The van der Waals surface area contributed by atoms with Crippen molar-refractivity contribution in [1.82, 2.24) is 5.43 Å². The maximum absolute atomic E-state index is 10.7. The van der Waals surface area contributed by atoms with Crippen LogP contribution in [-0.2, 0) is 19.1 Å². The van der Waals surface area contributed by atoms with Crippen molar-refractivity contribution in [1.29, 1.82) is 0 Å². The van der Waals surface area contributed by atoms with E-state index in [0.717, 1.165) is 6.42 Å². The van der Waals surface area contributed by atoms with Gasteiger partial charge >= 0.3 is 11.9 Å². The summed E-state index contributed by atoms with van der Waals surface area (Å²) in [7, 11) is 0. The van der Waals surface area contributed by atoms with Crippen LogP contribution < -0.4 is 11.3 Å². The van der Waals surface area contributed by atoms with Gasteiger partial charge in [-0.05, 0) is 18.8 Å². The molecule has 0 radical (unpaired) electrons. The first kappa shape index (κ1) is 21.6. The average Bonchev–Trinajstić information content (AvgIpc) is 2.41. The van der Waals surface area contributed by atoms with Crippen LogP contribution in [-0.4, -0.2) is 52.5 Å². The second-order valence-electron chi connectivity index (χ2n) is 4.63. The molecule has 1 atom stereocenters. The van der Waals surface area contributed by atoms with E-state index in [4.69, 9.17) is 30.4 Å². The molecule has 21 heavy (non-hydrogen) atoms. The Balaban J connectivity index is 0. The van der Waals surface area contributed by atoms with E-state index in [-0.39, 0.29) is 18.9 Å². The lowest BCUT2D eigenvalue weighted by Gasteiger charge is -2.11. The van der Waals surface area contributed by atoms with Crippen molar-refractivity contribution in [2.75, 3.05) is 13.2 Å². The molecule has 0 fully saturated rings. The number of aliphatic hydroxyl groups is 1. The Bertz CT molecular complexity index is 309. The van der Waals surface area contributed by atoms with Gasteiger partial charge < -0.3 is 20.1 Å². The Labute approximate surface area is 123 Å². The highest BCUT2D eigenvalue weighted by atomic mass is 16.5. The van der Waals surface area contributed by atoms with Gasteiger partial charge in [0.15, 0.2) is 0 Å². The molecule has 0 aliphatic rings. The monoisotopic (exact) mass is 308 g/mol. The van der Waals surface area contributed by atoms with E-state index in [2.05, 4.69) is 13.8 Å². The highest BCUT2D eigenvalue weighted by Gasteiger charge is 2.07. The highest BCUT2D eigenvalue weighted by molar-refractivity contribution is 6.27. The lowest BCUT2D eigenvalue weighted by molar-refractivity contribution is -0.159. The molecule has 9 heteroatoms. The third-order valence-corrected chi connectivity index (χ3v) is 2.20. The van der Waals surface area contributed by atoms with Gasteiger partial charge in [0.25, 0.3) is 0 Å². The van der Waals surface area contributed by atoms with Crippen molar-refractivity contribution >= 4 is 17.8 Å². The molecule has 1 amide bonds. The van der Waals surface area contributed by atoms with Crippen LogP contribution in [0.2, 0.25) is 0 Å². The normalized spacial score (nSPS) is 11.3. The molecular weight excluding hydrogens is 284 g/mol. The zero-order valence-electron chi connectivity index (χ0n) is 12.2. The van der Waals surface area contributed by atoms with Gasteiger partial charge in [0.2, 0.25) is 5.91 Å². The number of aliphatic hydroxyl groups excluding tert-OH is 1. The summed E-state index contributed by atoms with van der Waals surface area (Å²) in [6.45, 7) is 5.17. The topological polar surface area (TPSA) is 159 Å². The standard InChI is InChI=1S/C10H22N2O3.C2H2O4/c1-8(2)5-6-15-7-9(13)3-4-10(14)12-11;3-1(4)2(5)6/h8-9,13H,3-7,11H2,1-2H3,(H,12,14);(H,3,4)(H,5,6). The van der Waals surface area contributed by atoms with Crippen molar-refractivity contribution in [3.63, 3.8) is 0 Å². The second-order valence-corrected chi connectivity index (χ2v) is 4.63. The molecule has 0 bridgehead atoms. The summed E-state index contributed by atoms with van der Waals surface area (Å²) >= 11 is 0. The highest BCUT2D eigenvalue weighted by Crippen LogP contribution is 2.01. The zero-order chi connectivity index (χ0) is 16.8. The van der Waals surface area contributed by atoms with Gasteiger partial charge in [-0.1, -0.05) is 13.8 Å². The number of nitrogens with one attached hydrogen (secondary N) is 1. The Morgan fingerprint density at radius 3 is 2.05 bits per heavy atom. The fraction of sp³-hybridized carbons (Fsp3) is 0.750.